The zero-order chi connectivity index (χ0) is 16.0. The number of rotatable bonds is 2. The Balaban J connectivity index is 1.99. The fourth-order valence-corrected chi connectivity index (χ4v) is 2.64. The van der Waals surface area contributed by atoms with Crippen molar-refractivity contribution >= 4 is 44.5 Å². The number of amides is 2. The molecule has 6 heteroatoms. The predicted octanol–water partition coefficient (Wildman–Crippen LogP) is 3.21. The lowest BCUT2D eigenvalue weighted by molar-refractivity contribution is -0.135. The zero-order valence-electron chi connectivity index (χ0n) is 12.1. The predicted molar refractivity (Wildman–Crippen MR) is 87.8 cm³/mol. The number of nitrogens with one attached hydrogen (secondary N) is 1. The number of nitrogens with zero attached hydrogens (tertiary/aromatic N) is 2. The molecule has 1 aromatic heterocycles. The third-order valence-corrected chi connectivity index (χ3v) is 4.19. The lowest BCUT2D eigenvalue weighted by Crippen LogP contribution is -2.37. The van der Waals surface area contributed by atoms with Crippen molar-refractivity contribution in [1.82, 2.24) is 9.99 Å². The number of hydrogen-bond acceptors (Lipinski definition) is 4. The number of hydrazine groups is 1. The van der Waals surface area contributed by atoms with Crippen molar-refractivity contribution < 1.29 is 9.59 Å². The first kappa shape index (κ1) is 14.7. The largest absolute Gasteiger partial charge is 0.275 e. The molecule has 1 radical (unpaired) electrons. The van der Waals surface area contributed by atoms with Crippen LogP contribution >= 0.6 is 15.9 Å². The molecule has 22 heavy (non-hydrogen) atoms. The van der Waals surface area contributed by atoms with Crippen molar-refractivity contribution in [2.75, 3.05) is 5.43 Å². The Bertz CT molecular complexity index is 834. The number of carbonyl (C=O) groups excluding carboxylic acids is 2. The van der Waals surface area contributed by atoms with Gasteiger partial charge in [0.2, 0.25) is 0 Å². The standard InChI is InChI=1S/C16H13BrN3O2/c1-8-6-14(18-13-7-11(17)4-5-12(8)13)19-20-15(21)9(2)10(3)16(20)22/h4-7H,1H2,2-3H3,(H,18,19). The van der Waals surface area contributed by atoms with Gasteiger partial charge in [0.05, 0.1) is 5.52 Å². The van der Waals surface area contributed by atoms with E-state index in [0.29, 0.717) is 17.0 Å². The quantitative estimate of drug-likeness (QED) is 0.837. The summed E-state index contributed by atoms with van der Waals surface area (Å²) in [6, 6.07) is 7.40. The highest BCUT2D eigenvalue weighted by Gasteiger charge is 2.34. The molecular formula is C16H13BrN3O2. The molecule has 1 aromatic carbocycles. The number of aromatic nitrogens is 1. The minimum absolute atomic E-state index is 0.357. The number of halogens is 1. The van der Waals surface area contributed by atoms with Crippen LogP contribution in [0.25, 0.3) is 10.9 Å². The van der Waals surface area contributed by atoms with Crippen LogP contribution in [0.5, 0.6) is 0 Å². The SMILES string of the molecule is [CH2]c1cc(NN2C(=O)C(C)=C(C)C2=O)nc2cc(Br)ccc12. The maximum Gasteiger partial charge on any atom is 0.275 e. The second kappa shape index (κ2) is 5.21. The Morgan fingerprint density at radius 1 is 1.14 bits per heavy atom. The molecule has 1 aliphatic rings. The summed E-state index contributed by atoms with van der Waals surface area (Å²) in [4.78, 5) is 28.6. The van der Waals surface area contributed by atoms with Gasteiger partial charge >= 0.3 is 0 Å². The number of fused-ring (bicyclic) bond motifs is 1. The van der Waals surface area contributed by atoms with Crippen molar-refractivity contribution in [3.05, 3.63) is 52.4 Å². The van der Waals surface area contributed by atoms with Crippen molar-refractivity contribution in [2.24, 2.45) is 0 Å². The van der Waals surface area contributed by atoms with Crippen molar-refractivity contribution in [3.63, 3.8) is 0 Å². The molecule has 0 spiro atoms. The van der Waals surface area contributed by atoms with Crippen LogP contribution in [0.2, 0.25) is 0 Å². The minimum atomic E-state index is -0.357. The van der Waals surface area contributed by atoms with E-state index in [4.69, 9.17) is 0 Å². The number of benzene rings is 1. The molecule has 1 aliphatic heterocycles. The third kappa shape index (κ3) is 2.29. The van der Waals surface area contributed by atoms with Gasteiger partial charge in [0.15, 0.2) is 0 Å². The summed E-state index contributed by atoms with van der Waals surface area (Å²) in [5, 5.41) is 1.90. The van der Waals surface area contributed by atoms with Gasteiger partial charge in [0, 0.05) is 21.0 Å². The topological polar surface area (TPSA) is 62.3 Å². The van der Waals surface area contributed by atoms with Crippen molar-refractivity contribution in [3.8, 4) is 0 Å². The smallest absolute Gasteiger partial charge is 0.271 e. The lowest BCUT2D eigenvalue weighted by atomic mass is 10.1. The number of hydrogen-bond donors (Lipinski definition) is 1. The van der Waals surface area contributed by atoms with Gasteiger partial charge in [0.25, 0.3) is 11.8 Å². The van der Waals surface area contributed by atoms with Gasteiger partial charge in [-0.15, -0.1) is 0 Å². The Kier molecular flexibility index (Phi) is 3.48. The van der Waals surface area contributed by atoms with E-state index in [9.17, 15) is 9.59 Å². The first-order chi connectivity index (χ1) is 10.4. The van der Waals surface area contributed by atoms with Crippen LogP contribution in [-0.4, -0.2) is 21.8 Å². The van der Waals surface area contributed by atoms with Crippen LogP contribution in [0.1, 0.15) is 19.4 Å². The normalized spacial score (nSPS) is 15.2. The Morgan fingerprint density at radius 2 is 1.77 bits per heavy atom. The fraction of sp³-hybridized carbons (Fsp3) is 0.125. The van der Waals surface area contributed by atoms with Gasteiger partial charge in [-0.1, -0.05) is 22.0 Å². The molecule has 3 rings (SSSR count). The number of carbonyl (C=O) groups is 2. The van der Waals surface area contributed by atoms with E-state index in [2.05, 4.69) is 33.3 Å². The summed E-state index contributed by atoms with van der Waals surface area (Å²) in [5.41, 5.74) is 5.15. The molecule has 0 bridgehead atoms. The average Bonchev–Trinajstić information content (AvgIpc) is 2.65. The average molecular weight is 359 g/mol. The van der Waals surface area contributed by atoms with Gasteiger partial charge in [-0.3, -0.25) is 15.0 Å². The summed E-state index contributed by atoms with van der Waals surface area (Å²) >= 11 is 3.40. The molecular weight excluding hydrogens is 346 g/mol. The van der Waals surface area contributed by atoms with Crippen LogP contribution in [0, 0.1) is 6.92 Å². The second-order valence-corrected chi connectivity index (χ2v) is 6.05. The molecule has 2 heterocycles. The number of imide groups is 1. The summed E-state index contributed by atoms with van der Waals surface area (Å²) in [5.74, 6) is -0.312. The van der Waals surface area contributed by atoms with Crippen molar-refractivity contribution in [1.29, 1.82) is 0 Å². The molecule has 0 fully saturated rings. The summed E-state index contributed by atoms with van der Waals surface area (Å²) in [7, 11) is 0. The summed E-state index contributed by atoms with van der Waals surface area (Å²) < 4.78 is 0.894. The van der Waals surface area contributed by atoms with E-state index in [1.54, 1.807) is 19.9 Å². The van der Waals surface area contributed by atoms with Gasteiger partial charge in [-0.05, 0) is 44.5 Å². The first-order valence-electron chi connectivity index (χ1n) is 6.63. The first-order valence-corrected chi connectivity index (χ1v) is 7.43. The van der Waals surface area contributed by atoms with Gasteiger partial charge in [0.1, 0.15) is 5.82 Å². The Hall–Kier alpha value is -2.21. The Labute approximate surface area is 136 Å². The maximum absolute atomic E-state index is 12.1. The molecule has 0 unspecified atom stereocenters. The summed E-state index contributed by atoms with van der Waals surface area (Å²) in [6.07, 6.45) is 0. The van der Waals surface area contributed by atoms with Crippen LogP contribution in [0.3, 0.4) is 0 Å². The molecule has 2 amide bonds. The molecule has 0 saturated heterocycles. The second-order valence-electron chi connectivity index (χ2n) is 5.14. The van der Waals surface area contributed by atoms with Crippen LogP contribution in [-0.2, 0) is 9.59 Å². The molecule has 0 saturated carbocycles. The van der Waals surface area contributed by atoms with E-state index < -0.39 is 0 Å². The highest BCUT2D eigenvalue weighted by Crippen LogP contribution is 2.25. The van der Waals surface area contributed by atoms with Crippen LogP contribution in [0.15, 0.2) is 39.9 Å². The van der Waals surface area contributed by atoms with E-state index >= 15 is 0 Å². The molecule has 5 nitrogen and oxygen atoms in total. The number of anilines is 1. The van der Waals surface area contributed by atoms with E-state index in [0.717, 1.165) is 25.9 Å². The monoisotopic (exact) mass is 358 g/mol. The zero-order valence-corrected chi connectivity index (χ0v) is 13.7. The highest BCUT2D eigenvalue weighted by molar-refractivity contribution is 9.10. The van der Waals surface area contributed by atoms with Crippen LogP contribution in [0.4, 0.5) is 5.82 Å². The third-order valence-electron chi connectivity index (χ3n) is 3.69. The molecule has 2 aromatic rings. The van der Waals surface area contributed by atoms with Gasteiger partial charge < -0.3 is 0 Å². The summed E-state index contributed by atoms with van der Waals surface area (Å²) in [6.45, 7) is 7.26. The lowest BCUT2D eigenvalue weighted by Gasteiger charge is -2.17. The molecule has 0 aliphatic carbocycles. The van der Waals surface area contributed by atoms with Gasteiger partial charge in [-0.25, -0.2) is 4.98 Å². The van der Waals surface area contributed by atoms with Crippen molar-refractivity contribution in [2.45, 2.75) is 13.8 Å². The van der Waals surface area contributed by atoms with E-state index in [1.807, 2.05) is 18.2 Å². The van der Waals surface area contributed by atoms with E-state index in [1.165, 1.54) is 0 Å². The van der Waals surface area contributed by atoms with Gasteiger partial charge in [-0.2, -0.15) is 5.01 Å². The fourth-order valence-electron chi connectivity index (χ4n) is 2.30. The van der Waals surface area contributed by atoms with E-state index in [-0.39, 0.29) is 11.8 Å². The maximum atomic E-state index is 12.1. The van der Waals surface area contributed by atoms with Crippen LogP contribution < -0.4 is 5.43 Å². The molecule has 1 N–H and O–H groups in total. The Morgan fingerprint density at radius 3 is 2.41 bits per heavy atom. The highest BCUT2D eigenvalue weighted by atomic mass is 79.9. The minimum Gasteiger partial charge on any atom is -0.271 e. The number of pyridine rings is 1. The molecule has 0 atom stereocenters. The molecule has 111 valence electrons.